The summed E-state index contributed by atoms with van der Waals surface area (Å²) in [5.74, 6) is -2.16. The molecule has 0 aromatic rings. The molecule has 0 aliphatic carbocycles. The summed E-state index contributed by atoms with van der Waals surface area (Å²) in [6.45, 7) is 1.22. The van der Waals surface area contributed by atoms with E-state index in [0.29, 0.717) is 0 Å². The Balaban J connectivity index is 2.58. The fourth-order valence-electron chi connectivity index (χ4n) is 1.63. The minimum Gasteiger partial charge on any atom is -0.481 e. The highest BCUT2D eigenvalue weighted by atomic mass is 32.2. The molecule has 0 aromatic heterocycles. The van der Waals surface area contributed by atoms with Gasteiger partial charge in [0.1, 0.15) is 9.84 Å². The molecule has 1 fully saturated rings. The van der Waals surface area contributed by atoms with Gasteiger partial charge in [-0.1, -0.05) is 6.92 Å². The van der Waals surface area contributed by atoms with Crippen LogP contribution in [0.15, 0.2) is 0 Å². The zero-order valence-electron chi connectivity index (χ0n) is 10.00. The SMILES string of the molecule is CC(CNS(=O)(=O)C1CCS(=O)(=O)CC1)C(=O)O. The number of sulfonamides is 1. The van der Waals surface area contributed by atoms with Gasteiger partial charge in [-0.25, -0.2) is 21.6 Å². The van der Waals surface area contributed by atoms with Crippen LogP contribution in [-0.2, 0) is 24.7 Å². The van der Waals surface area contributed by atoms with Crippen molar-refractivity contribution in [2.24, 2.45) is 5.92 Å². The Morgan fingerprint density at radius 2 is 1.89 bits per heavy atom. The van der Waals surface area contributed by atoms with Gasteiger partial charge in [-0.05, 0) is 12.8 Å². The van der Waals surface area contributed by atoms with Crippen LogP contribution in [0.5, 0.6) is 0 Å². The first-order chi connectivity index (χ1) is 8.14. The van der Waals surface area contributed by atoms with Gasteiger partial charge < -0.3 is 5.11 Å². The highest BCUT2D eigenvalue weighted by Crippen LogP contribution is 2.18. The van der Waals surface area contributed by atoms with Crippen LogP contribution in [-0.4, -0.2) is 51.2 Å². The highest BCUT2D eigenvalue weighted by Gasteiger charge is 2.32. The maximum Gasteiger partial charge on any atom is 0.307 e. The number of rotatable bonds is 5. The second-order valence-electron chi connectivity index (χ2n) is 4.48. The molecule has 2 N–H and O–H groups in total. The Kier molecular flexibility index (Phi) is 4.73. The number of carbonyl (C=O) groups is 1. The van der Waals surface area contributed by atoms with Crippen LogP contribution in [0, 0.1) is 5.92 Å². The zero-order chi connectivity index (χ0) is 14.0. The lowest BCUT2D eigenvalue weighted by Crippen LogP contribution is -2.42. The predicted molar refractivity (Wildman–Crippen MR) is 65.4 cm³/mol. The standard InChI is InChI=1S/C9H17NO6S2/c1-7(9(11)12)6-10-18(15,16)8-2-4-17(13,14)5-3-8/h7-8,10H,2-6H2,1H3,(H,11,12). The molecule has 0 aromatic carbocycles. The first-order valence-corrected chi connectivity index (χ1v) is 8.92. The van der Waals surface area contributed by atoms with Gasteiger partial charge in [0.25, 0.3) is 0 Å². The zero-order valence-corrected chi connectivity index (χ0v) is 11.6. The Morgan fingerprint density at radius 3 is 2.33 bits per heavy atom. The van der Waals surface area contributed by atoms with Crippen molar-refractivity contribution in [1.82, 2.24) is 4.72 Å². The van der Waals surface area contributed by atoms with E-state index in [1.54, 1.807) is 0 Å². The summed E-state index contributed by atoms with van der Waals surface area (Å²) in [4.78, 5) is 10.6. The van der Waals surface area contributed by atoms with Crippen LogP contribution in [0.3, 0.4) is 0 Å². The summed E-state index contributed by atoms with van der Waals surface area (Å²) in [6.07, 6.45) is 0.137. The lowest BCUT2D eigenvalue weighted by molar-refractivity contribution is -0.140. The molecule has 9 heteroatoms. The number of sulfone groups is 1. The van der Waals surface area contributed by atoms with Crippen molar-refractivity contribution < 1.29 is 26.7 Å². The van der Waals surface area contributed by atoms with Crippen molar-refractivity contribution in [3.63, 3.8) is 0 Å². The summed E-state index contributed by atoms with van der Waals surface area (Å²) in [5, 5.41) is 7.90. The van der Waals surface area contributed by atoms with Crippen molar-refractivity contribution in [2.45, 2.75) is 25.0 Å². The summed E-state index contributed by atoms with van der Waals surface area (Å²) in [6, 6.07) is 0. The Morgan fingerprint density at radius 1 is 1.39 bits per heavy atom. The third kappa shape index (κ3) is 4.21. The normalized spacial score (nSPS) is 22.5. The summed E-state index contributed by atoms with van der Waals surface area (Å²) < 4.78 is 48.3. The molecule has 1 rings (SSSR count). The lowest BCUT2D eigenvalue weighted by atomic mass is 10.2. The van der Waals surface area contributed by atoms with Gasteiger partial charge in [-0.3, -0.25) is 4.79 Å². The monoisotopic (exact) mass is 299 g/mol. The van der Waals surface area contributed by atoms with Gasteiger partial charge in [0.05, 0.1) is 22.7 Å². The largest absolute Gasteiger partial charge is 0.481 e. The van der Waals surface area contributed by atoms with E-state index < -0.39 is 37.0 Å². The minimum absolute atomic E-state index is 0.0686. The van der Waals surface area contributed by atoms with Crippen LogP contribution in [0.2, 0.25) is 0 Å². The highest BCUT2D eigenvalue weighted by molar-refractivity contribution is 7.92. The number of carboxylic acid groups (broad SMARTS) is 1. The molecular formula is C9H17NO6S2. The van der Waals surface area contributed by atoms with E-state index in [4.69, 9.17) is 5.11 Å². The summed E-state index contributed by atoms with van der Waals surface area (Å²) >= 11 is 0. The number of hydrogen-bond acceptors (Lipinski definition) is 5. The molecule has 1 aliphatic rings. The molecule has 0 bridgehead atoms. The average molecular weight is 299 g/mol. The topological polar surface area (TPSA) is 118 Å². The molecule has 1 saturated heterocycles. The Bertz CT molecular complexity index is 495. The van der Waals surface area contributed by atoms with Gasteiger partial charge >= 0.3 is 5.97 Å². The predicted octanol–water partition coefficient (Wildman–Crippen LogP) is -0.796. The van der Waals surface area contributed by atoms with Crippen molar-refractivity contribution in [2.75, 3.05) is 18.1 Å². The number of hydrogen-bond donors (Lipinski definition) is 2. The van der Waals surface area contributed by atoms with Crippen molar-refractivity contribution in [3.05, 3.63) is 0 Å². The van der Waals surface area contributed by atoms with Crippen LogP contribution in [0.25, 0.3) is 0 Å². The molecule has 1 heterocycles. The molecule has 0 spiro atoms. The van der Waals surface area contributed by atoms with Gasteiger partial charge in [0.15, 0.2) is 0 Å². The molecule has 18 heavy (non-hydrogen) atoms. The van der Waals surface area contributed by atoms with E-state index in [2.05, 4.69) is 4.72 Å². The van der Waals surface area contributed by atoms with Crippen LogP contribution in [0.1, 0.15) is 19.8 Å². The van der Waals surface area contributed by atoms with Crippen LogP contribution < -0.4 is 4.72 Å². The average Bonchev–Trinajstić information content (AvgIpc) is 2.25. The van der Waals surface area contributed by atoms with E-state index in [9.17, 15) is 21.6 Å². The smallest absolute Gasteiger partial charge is 0.307 e. The number of aliphatic carboxylic acids is 1. The van der Waals surface area contributed by atoms with Crippen molar-refractivity contribution in [3.8, 4) is 0 Å². The molecule has 0 amide bonds. The maximum atomic E-state index is 11.8. The quantitative estimate of drug-likeness (QED) is 0.686. The fraction of sp³-hybridized carbons (Fsp3) is 0.889. The first-order valence-electron chi connectivity index (χ1n) is 5.56. The van der Waals surface area contributed by atoms with Gasteiger partial charge in [0, 0.05) is 6.54 Å². The third-order valence-corrected chi connectivity index (χ3v) is 6.59. The molecule has 106 valence electrons. The second-order valence-corrected chi connectivity index (χ2v) is 8.83. The Hall–Kier alpha value is -0.670. The van der Waals surface area contributed by atoms with Gasteiger partial charge in [0.2, 0.25) is 10.0 Å². The molecule has 1 aliphatic heterocycles. The van der Waals surface area contributed by atoms with E-state index in [-0.39, 0.29) is 30.9 Å². The van der Waals surface area contributed by atoms with E-state index in [1.165, 1.54) is 6.92 Å². The summed E-state index contributed by atoms with van der Waals surface area (Å²) in [7, 11) is -6.75. The molecule has 7 nitrogen and oxygen atoms in total. The van der Waals surface area contributed by atoms with E-state index in [1.807, 2.05) is 0 Å². The fourth-order valence-corrected chi connectivity index (χ4v) is 4.99. The molecule has 0 saturated carbocycles. The minimum atomic E-state index is -3.64. The van der Waals surface area contributed by atoms with E-state index in [0.717, 1.165) is 0 Å². The maximum absolute atomic E-state index is 11.8. The van der Waals surface area contributed by atoms with Crippen LogP contribution >= 0.6 is 0 Å². The second kappa shape index (κ2) is 5.54. The molecule has 0 radical (unpaired) electrons. The lowest BCUT2D eigenvalue weighted by Gasteiger charge is -2.22. The Labute approximate surface area is 107 Å². The third-order valence-electron chi connectivity index (χ3n) is 2.95. The van der Waals surface area contributed by atoms with Gasteiger partial charge in [-0.2, -0.15) is 0 Å². The summed E-state index contributed by atoms with van der Waals surface area (Å²) in [5.41, 5.74) is 0. The van der Waals surface area contributed by atoms with Gasteiger partial charge in [-0.15, -0.1) is 0 Å². The number of nitrogens with one attached hydrogen (secondary N) is 1. The van der Waals surface area contributed by atoms with E-state index >= 15 is 0 Å². The van der Waals surface area contributed by atoms with Crippen molar-refractivity contribution >= 4 is 25.8 Å². The first kappa shape index (κ1) is 15.4. The molecule has 1 atom stereocenters. The number of carboxylic acids is 1. The molecule has 1 unspecified atom stereocenters. The molecular weight excluding hydrogens is 282 g/mol. The van der Waals surface area contributed by atoms with Crippen molar-refractivity contribution in [1.29, 1.82) is 0 Å². The van der Waals surface area contributed by atoms with Crippen LogP contribution in [0.4, 0.5) is 0 Å².